The molecule has 0 bridgehead atoms. The summed E-state index contributed by atoms with van der Waals surface area (Å²) in [5.74, 6) is -0.000790. The third-order valence-electron chi connectivity index (χ3n) is 6.02. The normalized spacial score (nSPS) is 22.5. The highest BCUT2D eigenvalue weighted by atomic mass is 32.1. The molecule has 3 heterocycles. The molecule has 0 unspecified atom stereocenters. The summed E-state index contributed by atoms with van der Waals surface area (Å²) in [6, 6.07) is 14.6. The second-order valence-electron chi connectivity index (χ2n) is 7.87. The Labute approximate surface area is 167 Å². The lowest BCUT2D eigenvalue weighted by Crippen LogP contribution is -2.49. The van der Waals surface area contributed by atoms with Gasteiger partial charge in [0.1, 0.15) is 5.82 Å². The number of nitrogens with zero attached hydrogens (tertiary/aromatic N) is 3. The highest BCUT2D eigenvalue weighted by Gasteiger charge is 2.48. The number of benzene rings is 2. The number of amides is 1. The number of para-hydroxylation sites is 1. The molecule has 1 spiro atoms. The van der Waals surface area contributed by atoms with Crippen LogP contribution in [-0.4, -0.2) is 35.4 Å². The number of piperidine rings is 1. The van der Waals surface area contributed by atoms with Crippen molar-refractivity contribution in [3.8, 4) is 0 Å². The number of carbonyl (C=O) groups is 1. The third kappa shape index (κ3) is 3.05. The summed E-state index contributed by atoms with van der Waals surface area (Å²) in [6.45, 7) is 2.95. The second-order valence-corrected chi connectivity index (χ2v) is 8.88. The van der Waals surface area contributed by atoms with E-state index in [1.54, 1.807) is 23.5 Å². The highest BCUT2D eigenvalue weighted by molar-refractivity contribution is 7.22. The summed E-state index contributed by atoms with van der Waals surface area (Å²) in [4.78, 5) is 22.4. The van der Waals surface area contributed by atoms with Crippen LogP contribution in [0.2, 0.25) is 0 Å². The molecule has 3 aromatic rings. The van der Waals surface area contributed by atoms with Crippen LogP contribution < -0.4 is 4.90 Å². The van der Waals surface area contributed by atoms with Crippen LogP contribution in [0.25, 0.3) is 10.2 Å². The molecule has 2 aromatic carbocycles. The first kappa shape index (κ1) is 17.6. The van der Waals surface area contributed by atoms with Crippen LogP contribution in [0.15, 0.2) is 48.5 Å². The number of likely N-dealkylation sites (tertiary alicyclic amines) is 1. The molecule has 144 valence electrons. The molecule has 0 aliphatic carbocycles. The number of thiazole rings is 1. The maximum absolute atomic E-state index is 13.4. The van der Waals surface area contributed by atoms with Crippen molar-refractivity contribution in [2.24, 2.45) is 5.41 Å². The minimum absolute atomic E-state index is 0.242. The minimum Gasteiger partial charge on any atom is -0.347 e. The molecule has 2 aliphatic rings. The van der Waals surface area contributed by atoms with E-state index in [4.69, 9.17) is 4.98 Å². The quantitative estimate of drug-likeness (QED) is 0.657. The molecule has 4 nitrogen and oxygen atoms in total. The van der Waals surface area contributed by atoms with Crippen molar-refractivity contribution in [2.45, 2.75) is 25.8 Å². The average Bonchev–Trinajstić information content (AvgIpc) is 3.32. The molecule has 2 saturated heterocycles. The zero-order valence-electron chi connectivity index (χ0n) is 15.6. The van der Waals surface area contributed by atoms with E-state index in [1.807, 2.05) is 23.1 Å². The first-order chi connectivity index (χ1) is 13.6. The number of hydrogen-bond acceptors (Lipinski definition) is 4. The van der Waals surface area contributed by atoms with Gasteiger partial charge in [0.05, 0.1) is 15.6 Å². The predicted octanol–water partition coefficient (Wildman–Crippen LogP) is 4.45. The topological polar surface area (TPSA) is 36.4 Å². The molecule has 28 heavy (non-hydrogen) atoms. The van der Waals surface area contributed by atoms with E-state index in [2.05, 4.69) is 11.0 Å². The van der Waals surface area contributed by atoms with Crippen LogP contribution in [0.3, 0.4) is 0 Å². The zero-order chi connectivity index (χ0) is 19.1. The first-order valence-electron chi connectivity index (χ1n) is 9.77. The fraction of sp³-hybridized carbons (Fsp3) is 0.364. The number of anilines is 1. The van der Waals surface area contributed by atoms with Crippen molar-refractivity contribution < 1.29 is 9.18 Å². The van der Waals surface area contributed by atoms with Gasteiger partial charge in [-0.15, -0.1) is 0 Å². The number of hydrogen-bond donors (Lipinski definition) is 0. The van der Waals surface area contributed by atoms with Gasteiger partial charge in [-0.2, -0.15) is 0 Å². The van der Waals surface area contributed by atoms with E-state index in [0.717, 1.165) is 55.1 Å². The molecule has 0 N–H and O–H groups in total. The van der Waals surface area contributed by atoms with Crippen LogP contribution in [0.5, 0.6) is 0 Å². The Balaban J connectivity index is 1.34. The smallest absolute Gasteiger partial charge is 0.230 e. The summed E-state index contributed by atoms with van der Waals surface area (Å²) in [5.41, 5.74) is 1.69. The predicted molar refractivity (Wildman–Crippen MR) is 110 cm³/mol. The number of fused-ring (bicyclic) bond motifs is 1. The molecule has 6 heteroatoms. The Morgan fingerprint density at radius 1 is 1.07 bits per heavy atom. The van der Waals surface area contributed by atoms with E-state index >= 15 is 0 Å². The standard InChI is InChI=1S/C22H22FN3OS/c23-17-8-6-16(7-9-17)14-25-12-3-10-22(20(25)27)11-13-26(15-22)21-24-18-4-1-2-5-19(18)28-21/h1-2,4-9H,3,10-15H2/t22-/m1/s1. The minimum atomic E-state index is -0.309. The van der Waals surface area contributed by atoms with Crippen molar-refractivity contribution >= 4 is 32.6 Å². The number of rotatable bonds is 3. The van der Waals surface area contributed by atoms with Gasteiger partial charge in [-0.3, -0.25) is 4.79 Å². The van der Waals surface area contributed by atoms with Gasteiger partial charge < -0.3 is 9.80 Å². The lowest BCUT2D eigenvalue weighted by atomic mass is 9.78. The molecule has 2 aliphatic heterocycles. The zero-order valence-corrected chi connectivity index (χ0v) is 16.4. The molecule has 5 rings (SSSR count). The van der Waals surface area contributed by atoms with Crippen molar-refractivity contribution in [2.75, 3.05) is 24.5 Å². The van der Waals surface area contributed by atoms with Gasteiger partial charge in [-0.25, -0.2) is 9.37 Å². The van der Waals surface area contributed by atoms with E-state index in [1.165, 1.54) is 16.8 Å². The second kappa shape index (κ2) is 6.85. The van der Waals surface area contributed by atoms with E-state index in [0.29, 0.717) is 6.54 Å². The monoisotopic (exact) mass is 395 g/mol. The SMILES string of the molecule is O=C1N(Cc2ccc(F)cc2)CCC[C@]12CCN(c1nc3ccccc3s1)C2. The maximum Gasteiger partial charge on any atom is 0.230 e. The molecule has 2 fully saturated rings. The number of halogens is 1. The van der Waals surface area contributed by atoms with E-state index in [-0.39, 0.29) is 17.1 Å². The van der Waals surface area contributed by atoms with Gasteiger partial charge in [-0.05, 0) is 49.1 Å². The van der Waals surface area contributed by atoms with Gasteiger partial charge >= 0.3 is 0 Å². The van der Waals surface area contributed by atoms with Crippen molar-refractivity contribution in [1.29, 1.82) is 0 Å². The van der Waals surface area contributed by atoms with Crippen molar-refractivity contribution in [3.05, 3.63) is 59.9 Å². The molecule has 0 saturated carbocycles. The van der Waals surface area contributed by atoms with Gasteiger partial charge in [0.15, 0.2) is 5.13 Å². The fourth-order valence-electron chi connectivity index (χ4n) is 4.52. The lowest BCUT2D eigenvalue weighted by Gasteiger charge is -2.39. The van der Waals surface area contributed by atoms with E-state index in [9.17, 15) is 9.18 Å². The van der Waals surface area contributed by atoms with Gasteiger partial charge in [0.25, 0.3) is 0 Å². The molecule has 1 amide bonds. The maximum atomic E-state index is 13.4. The summed E-state index contributed by atoms with van der Waals surface area (Å²) in [6.07, 6.45) is 2.83. The molecule has 1 aromatic heterocycles. The number of aromatic nitrogens is 1. The van der Waals surface area contributed by atoms with Gasteiger partial charge in [0.2, 0.25) is 5.91 Å². The summed E-state index contributed by atoms with van der Waals surface area (Å²) in [7, 11) is 0. The molecule has 0 radical (unpaired) electrons. The van der Waals surface area contributed by atoms with Crippen molar-refractivity contribution in [1.82, 2.24) is 9.88 Å². The Morgan fingerprint density at radius 3 is 2.71 bits per heavy atom. The summed E-state index contributed by atoms with van der Waals surface area (Å²) in [5, 5.41) is 1.02. The molecular formula is C22H22FN3OS. The van der Waals surface area contributed by atoms with Crippen LogP contribution in [0, 0.1) is 11.2 Å². The van der Waals surface area contributed by atoms with Crippen LogP contribution in [0.1, 0.15) is 24.8 Å². The average molecular weight is 396 g/mol. The lowest BCUT2D eigenvalue weighted by molar-refractivity contribution is -0.145. The van der Waals surface area contributed by atoms with E-state index < -0.39 is 0 Å². The van der Waals surface area contributed by atoms with Gasteiger partial charge in [-0.1, -0.05) is 35.6 Å². The largest absolute Gasteiger partial charge is 0.347 e. The highest BCUT2D eigenvalue weighted by Crippen LogP contribution is 2.43. The Morgan fingerprint density at radius 2 is 1.89 bits per heavy atom. The van der Waals surface area contributed by atoms with Crippen molar-refractivity contribution in [3.63, 3.8) is 0 Å². The van der Waals surface area contributed by atoms with Gasteiger partial charge in [0, 0.05) is 26.2 Å². The van der Waals surface area contributed by atoms with Crippen LogP contribution in [-0.2, 0) is 11.3 Å². The molecule has 1 atom stereocenters. The first-order valence-corrected chi connectivity index (χ1v) is 10.6. The summed E-state index contributed by atoms with van der Waals surface area (Å²) >= 11 is 1.70. The Kier molecular flexibility index (Phi) is 4.31. The number of carbonyl (C=O) groups excluding carboxylic acids is 1. The Hall–Kier alpha value is -2.47. The fourth-order valence-corrected chi connectivity index (χ4v) is 5.51. The van der Waals surface area contributed by atoms with Crippen LogP contribution in [0.4, 0.5) is 9.52 Å². The molecular weight excluding hydrogens is 373 g/mol. The van der Waals surface area contributed by atoms with Crippen LogP contribution >= 0.6 is 11.3 Å². The third-order valence-corrected chi connectivity index (χ3v) is 7.12. The summed E-state index contributed by atoms with van der Waals surface area (Å²) < 4.78 is 14.4. The Bertz CT molecular complexity index is 985.